The molecular weight excluding hydrogens is 285 g/mol. The highest BCUT2D eigenvalue weighted by atomic mass is 35.5. The van der Waals surface area contributed by atoms with Crippen molar-refractivity contribution in [2.75, 3.05) is 5.32 Å². The Hall–Kier alpha value is -1.71. The lowest BCUT2D eigenvalue weighted by Crippen LogP contribution is -2.12. The Bertz CT molecular complexity index is 641. The minimum absolute atomic E-state index is 0.0429. The predicted molar refractivity (Wildman–Crippen MR) is 77.3 cm³/mol. The lowest BCUT2D eigenvalue weighted by atomic mass is 10.1. The number of aryl methyl sites for hydroxylation is 1. The molecule has 19 heavy (non-hydrogen) atoms. The summed E-state index contributed by atoms with van der Waals surface area (Å²) in [6, 6.07) is 9.40. The van der Waals surface area contributed by atoms with Crippen molar-refractivity contribution in [2.45, 2.75) is 6.92 Å². The Morgan fingerprint density at radius 1 is 1.11 bits per heavy atom. The molecule has 0 saturated heterocycles. The van der Waals surface area contributed by atoms with E-state index in [1.54, 1.807) is 18.2 Å². The molecule has 2 rings (SSSR count). The van der Waals surface area contributed by atoms with E-state index in [1.165, 1.54) is 18.2 Å². The van der Waals surface area contributed by atoms with Crippen LogP contribution in [-0.4, -0.2) is 11.0 Å². The maximum atomic E-state index is 12.0. The van der Waals surface area contributed by atoms with Gasteiger partial charge in [-0.1, -0.05) is 29.3 Å². The molecule has 0 bridgehead atoms. The van der Waals surface area contributed by atoms with Gasteiger partial charge in [0.05, 0.1) is 10.7 Å². The van der Waals surface area contributed by atoms with Gasteiger partial charge in [0.1, 0.15) is 5.75 Å². The van der Waals surface area contributed by atoms with Crippen LogP contribution in [0.15, 0.2) is 36.4 Å². The summed E-state index contributed by atoms with van der Waals surface area (Å²) < 4.78 is 0. The molecule has 0 radical (unpaired) electrons. The van der Waals surface area contributed by atoms with Crippen LogP contribution in [0.25, 0.3) is 0 Å². The van der Waals surface area contributed by atoms with Crippen molar-refractivity contribution in [3.8, 4) is 5.75 Å². The minimum Gasteiger partial charge on any atom is -0.508 e. The maximum Gasteiger partial charge on any atom is 0.255 e. The quantitative estimate of drug-likeness (QED) is 0.813. The van der Waals surface area contributed by atoms with Crippen LogP contribution in [0, 0.1) is 6.92 Å². The number of carbonyl (C=O) groups excluding carboxylic acids is 1. The van der Waals surface area contributed by atoms with Crippen molar-refractivity contribution < 1.29 is 9.90 Å². The molecule has 3 nitrogen and oxygen atoms in total. The van der Waals surface area contributed by atoms with Gasteiger partial charge in [0.2, 0.25) is 0 Å². The van der Waals surface area contributed by atoms with E-state index >= 15 is 0 Å². The van der Waals surface area contributed by atoms with Crippen LogP contribution in [0.2, 0.25) is 10.0 Å². The van der Waals surface area contributed by atoms with Gasteiger partial charge in [-0.2, -0.15) is 0 Å². The summed E-state index contributed by atoms with van der Waals surface area (Å²) in [6.07, 6.45) is 0. The fourth-order valence-electron chi connectivity index (χ4n) is 1.53. The van der Waals surface area contributed by atoms with E-state index < -0.39 is 0 Å². The van der Waals surface area contributed by atoms with Crippen molar-refractivity contribution >= 4 is 34.8 Å². The number of aromatic hydroxyl groups is 1. The Morgan fingerprint density at radius 2 is 1.84 bits per heavy atom. The summed E-state index contributed by atoms with van der Waals surface area (Å²) in [4.78, 5) is 12.0. The number of phenols is 1. The average molecular weight is 296 g/mol. The zero-order valence-corrected chi connectivity index (χ0v) is 11.6. The van der Waals surface area contributed by atoms with Crippen molar-refractivity contribution in [3.05, 3.63) is 57.6 Å². The normalized spacial score (nSPS) is 10.3. The zero-order valence-electron chi connectivity index (χ0n) is 10.1. The summed E-state index contributed by atoms with van der Waals surface area (Å²) in [6.45, 7) is 1.86. The number of nitrogens with one attached hydrogen (secondary N) is 1. The van der Waals surface area contributed by atoms with Crippen LogP contribution in [0.1, 0.15) is 15.9 Å². The van der Waals surface area contributed by atoms with E-state index in [0.29, 0.717) is 16.3 Å². The molecular formula is C14H11Cl2NO2. The third kappa shape index (κ3) is 3.19. The van der Waals surface area contributed by atoms with Crippen LogP contribution in [0.3, 0.4) is 0 Å². The van der Waals surface area contributed by atoms with Gasteiger partial charge < -0.3 is 10.4 Å². The molecule has 0 aromatic heterocycles. The number of phenolic OH excluding ortho intramolecular Hbond substituents is 1. The summed E-state index contributed by atoms with van der Waals surface area (Å²) in [7, 11) is 0. The summed E-state index contributed by atoms with van der Waals surface area (Å²) >= 11 is 11.9. The molecule has 0 heterocycles. The molecule has 2 aromatic rings. The first-order valence-corrected chi connectivity index (χ1v) is 6.29. The van der Waals surface area contributed by atoms with Gasteiger partial charge >= 0.3 is 0 Å². The molecule has 0 saturated carbocycles. The second-order valence-electron chi connectivity index (χ2n) is 4.08. The lowest BCUT2D eigenvalue weighted by molar-refractivity contribution is 0.102. The van der Waals surface area contributed by atoms with E-state index in [9.17, 15) is 9.90 Å². The minimum atomic E-state index is -0.311. The van der Waals surface area contributed by atoms with Crippen molar-refractivity contribution in [3.63, 3.8) is 0 Å². The van der Waals surface area contributed by atoms with Crippen LogP contribution in [-0.2, 0) is 0 Å². The third-order valence-electron chi connectivity index (χ3n) is 2.63. The molecule has 5 heteroatoms. The largest absolute Gasteiger partial charge is 0.508 e. The molecule has 0 fully saturated rings. The standard InChI is InChI=1S/C14H11Cl2NO2/c1-8-2-3-9(6-11(8)15)14(19)17-13-5-4-10(18)7-12(13)16/h2-7,18H,1H3,(H,17,19). The summed E-state index contributed by atoms with van der Waals surface area (Å²) in [5.74, 6) is -0.268. The fraction of sp³-hybridized carbons (Fsp3) is 0.0714. The molecule has 0 spiro atoms. The number of amides is 1. The van der Waals surface area contributed by atoms with Crippen LogP contribution in [0.4, 0.5) is 5.69 Å². The Kier molecular flexibility index (Phi) is 3.98. The molecule has 0 unspecified atom stereocenters. The van der Waals surface area contributed by atoms with E-state index in [-0.39, 0.29) is 16.7 Å². The maximum absolute atomic E-state index is 12.0. The first kappa shape index (κ1) is 13.7. The van der Waals surface area contributed by atoms with E-state index in [0.717, 1.165) is 5.56 Å². The Labute approximate surface area is 120 Å². The van der Waals surface area contributed by atoms with Gasteiger partial charge in [-0.3, -0.25) is 4.79 Å². The molecule has 98 valence electrons. The van der Waals surface area contributed by atoms with Gasteiger partial charge in [0, 0.05) is 16.7 Å². The number of halogens is 2. The third-order valence-corrected chi connectivity index (χ3v) is 3.35. The van der Waals surface area contributed by atoms with E-state index in [4.69, 9.17) is 23.2 Å². The van der Waals surface area contributed by atoms with E-state index in [2.05, 4.69) is 5.32 Å². The smallest absolute Gasteiger partial charge is 0.255 e. The molecule has 2 aromatic carbocycles. The highest BCUT2D eigenvalue weighted by molar-refractivity contribution is 6.34. The Morgan fingerprint density at radius 3 is 2.47 bits per heavy atom. The van der Waals surface area contributed by atoms with Crippen molar-refractivity contribution in [1.82, 2.24) is 0 Å². The van der Waals surface area contributed by atoms with Gasteiger partial charge in [-0.05, 0) is 36.8 Å². The van der Waals surface area contributed by atoms with Gasteiger partial charge in [0.25, 0.3) is 5.91 Å². The van der Waals surface area contributed by atoms with Crippen molar-refractivity contribution in [1.29, 1.82) is 0 Å². The highest BCUT2D eigenvalue weighted by Crippen LogP contribution is 2.26. The highest BCUT2D eigenvalue weighted by Gasteiger charge is 2.10. The van der Waals surface area contributed by atoms with E-state index in [1.807, 2.05) is 6.92 Å². The van der Waals surface area contributed by atoms with Crippen LogP contribution < -0.4 is 5.32 Å². The molecule has 1 amide bonds. The number of carbonyl (C=O) groups is 1. The monoisotopic (exact) mass is 295 g/mol. The predicted octanol–water partition coefficient (Wildman–Crippen LogP) is 4.26. The van der Waals surface area contributed by atoms with Crippen LogP contribution in [0.5, 0.6) is 5.75 Å². The molecule has 0 aliphatic heterocycles. The lowest BCUT2D eigenvalue weighted by Gasteiger charge is -2.08. The molecule has 0 aliphatic carbocycles. The summed E-state index contributed by atoms with van der Waals surface area (Å²) in [5, 5.41) is 12.7. The average Bonchev–Trinajstić information content (AvgIpc) is 2.36. The number of anilines is 1. The molecule has 0 aliphatic rings. The van der Waals surface area contributed by atoms with Gasteiger partial charge in [-0.25, -0.2) is 0 Å². The first-order valence-electron chi connectivity index (χ1n) is 5.53. The number of rotatable bonds is 2. The first-order chi connectivity index (χ1) is 8.97. The SMILES string of the molecule is Cc1ccc(C(=O)Nc2ccc(O)cc2Cl)cc1Cl. The zero-order chi connectivity index (χ0) is 14.0. The molecule has 0 atom stereocenters. The topological polar surface area (TPSA) is 49.3 Å². The summed E-state index contributed by atoms with van der Waals surface area (Å²) in [5.41, 5.74) is 1.78. The van der Waals surface area contributed by atoms with Crippen molar-refractivity contribution in [2.24, 2.45) is 0 Å². The van der Waals surface area contributed by atoms with Gasteiger partial charge in [-0.15, -0.1) is 0 Å². The number of hydrogen-bond acceptors (Lipinski definition) is 2. The van der Waals surface area contributed by atoms with Crippen LogP contribution >= 0.6 is 23.2 Å². The second-order valence-corrected chi connectivity index (χ2v) is 4.90. The Balaban J connectivity index is 2.23. The second kappa shape index (κ2) is 5.51. The number of benzene rings is 2. The van der Waals surface area contributed by atoms with Gasteiger partial charge in [0.15, 0.2) is 0 Å². The number of hydrogen-bond donors (Lipinski definition) is 2. The fourth-order valence-corrected chi connectivity index (χ4v) is 1.94. The molecule has 2 N–H and O–H groups in total.